The van der Waals surface area contributed by atoms with Gasteiger partial charge in [-0.1, -0.05) is 0 Å². The Morgan fingerprint density at radius 2 is 2.00 bits per heavy atom. The van der Waals surface area contributed by atoms with Gasteiger partial charge in [0.1, 0.15) is 4.90 Å². The number of rotatable bonds is 2. The van der Waals surface area contributed by atoms with E-state index >= 15 is 0 Å². The third-order valence-electron chi connectivity index (χ3n) is 1.44. The van der Waals surface area contributed by atoms with Crippen molar-refractivity contribution < 1.29 is 48.9 Å². The molecule has 0 bridgehead atoms. The molecule has 0 aliphatic rings. The van der Waals surface area contributed by atoms with Gasteiger partial charge in [-0.15, -0.1) is 12.6 Å². The summed E-state index contributed by atoms with van der Waals surface area (Å²) in [5, 5.41) is 10.4. The van der Waals surface area contributed by atoms with Crippen LogP contribution in [0.3, 0.4) is 0 Å². The van der Waals surface area contributed by atoms with Gasteiger partial charge in [0, 0.05) is 6.07 Å². The molecule has 0 heterocycles. The Morgan fingerprint density at radius 3 is 2.40 bits per heavy atom. The standard InChI is InChI=1S/C6H5NO5S2.Na.H/c8-7(9)5-3-4(14(10,11)12)1-2-6(5)13;;/h1-3,13H,(H,10,11,12);;/q;+1;-1. The summed E-state index contributed by atoms with van der Waals surface area (Å²) >= 11 is 3.76. The maximum absolute atomic E-state index is 10.6. The number of benzene rings is 1. The van der Waals surface area contributed by atoms with Gasteiger partial charge in [0.05, 0.1) is 9.82 Å². The van der Waals surface area contributed by atoms with Crippen LogP contribution in [-0.2, 0) is 10.1 Å². The van der Waals surface area contributed by atoms with Crippen molar-refractivity contribution in [2.45, 2.75) is 9.79 Å². The summed E-state index contributed by atoms with van der Waals surface area (Å²) < 4.78 is 29.9. The van der Waals surface area contributed by atoms with Crippen LogP contribution in [0.2, 0.25) is 0 Å². The molecule has 0 saturated heterocycles. The fraction of sp³-hybridized carbons (Fsp3) is 0. The quantitative estimate of drug-likeness (QED) is 0.216. The Morgan fingerprint density at radius 1 is 1.47 bits per heavy atom. The van der Waals surface area contributed by atoms with Crippen LogP contribution in [0.5, 0.6) is 0 Å². The fourth-order valence-corrected chi connectivity index (χ4v) is 1.53. The van der Waals surface area contributed by atoms with E-state index in [1.807, 2.05) is 0 Å². The summed E-state index contributed by atoms with van der Waals surface area (Å²) in [6, 6.07) is 2.91. The van der Waals surface area contributed by atoms with Crippen molar-refractivity contribution in [3.05, 3.63) is 28.3 Å². The van der Waals surface area contributed by atoms with Crippen LogP contribution in [0.1, 0.15) is 1.43 Å². The summed E-state index contributed by atoms with van der Waals surface area (Å²) in [6.07, 6.45) is 0. The van der Waals surface area contributed by atoms with Crippen molar-refractivity contribution in [1.82, 2.24) is 0 Å². The molecule has 1 rings (SSSR count). The van der Waals surface area contributed by atoms with Gasteiger partial charge in [-0.25, -0.2) is 0 Å². The number of hydrogen-bond acceptors (Lipinski definition) is 5. The van der Waals surface area contributed by atoms with E-state index in [0.717, 1.165) is 18.2 Å². The molecule has 78 valence electrons. The zero-order valence-corrected chi connectivity index (χ0v) is 11.3. The van der Waals surface area contributed by atoms with Gasteiger partial charge in [-0.3, -0.25) is 14.7 Å². The summed E-state index contributed by atoms with van der Waals surface area (Å²) in [7, 11) is -4.41. The molecule has 0 fully saturated rings. The maximum Gasteiger partial charge on any atom is 1.00 e. The van der Waals surface area contributed by atoms with Gasteiger partial charge in [0.15, 0.2) is 0 Å². The maximum atomic E-state index is 10.6. The molecule has 0 unspecified atom stereocenters. The average Bonchev–Trinajstić information content (AvgIpc) is 2.02. The third-order valence-corrected chi connectivity index (χ3v) is 2.67. The van der Waals surface area contributed by atoms with Crippen molar-refractivity contribution in [2.24, 2.45) is 0 Å². The molecule has 0 amide bonds. The molecule has 0 saturated carbocycles. The van der Waals surface area contributed by atoms with Crippen molar-refractivity contribution in [3.8, 4) is 0 Å². The van der Waals surface area contributed by atoms with Crippen LogP contribution in [-0.4, -0.2) is 17.9 Å². The molecule has 1 aromatic rings. The molecule has 15 heavy (non-hydrogen) atoms. The molecule has 0 spiro atoms. The minimum Gasteiger partial charge on any atom is -1.00 e. The van der Waals surface area contributed by atoms with E-state index in [0.29, 0.717) is 0 Å². The van der Waals surface area contributed by atoms with E-state index in [1.54, 1.807) is 0 Å². The monoisotopic (exact) mass is 259 g/mol. The van der Waals surface area contributed by atoms with E-state index in [-0.39, 0.29) is 35.9 Å². The van der Waals surface area contributed by atoms with Gasteiger partial charge in [-0.2, -0.15) is 8.42 Å². The Hall–Kier alpha value is -0.120. The first-order chi connectivity index (χ1) is 6.32. The second kappa shape index (κ2) is 5.28. The number of nitrogens with zero attached hydrogens (tertiary/aromatic N) is 1. The Bertz CT molecular complexity index is 492. The number of hydrogen-bond donors (Lipinski definition) is 2. The van der Waals surface area contributed by atoms with Crippen LogP contribution < -0.4 is 29.6 Å². The van der Waals surface area contributed by atoms with E-state index in [1.165, 1.54) is 0 Å². The van der Waals surface area contributed by atoms with Crippen LogP contribution >= 0.6 is 12.6 Å². The largest absolute Gasteiger partial charge is 1.00 e. The van der Waals surface area contributed by atoms with Gasteiger partial charge >= 0.3 is 29.6 Å². The minimum atomic E-state index is -4.41. The zero-order valence-electron chi connectivity index (χ0n) is 8.61. The SMILES string of the molecule is O=[N+]([O-])c1cc(S(=O)(=O)O)ccc1S.[H-].[Na+]. The molecule has 0 aliphatic heterocycles. The minimum absolute atomic E-state index is 0. The first-order valence-electron chi connectivity index (χ1n) is 3.27. The van der Waals surface area contributed by atoms with Crippen LogP contribution in [0.15, 0.2) is 28.0 Å². The molecule has 9 heteroatoms. The molecule has 0 atom stereocenters. The van der Waals surface area contributed by atoms with Crippen LogP contribution in [0.4, 0.5) is 5.69 Å². The predicted molar refractivity (Wildman–Crippen MR) is 51.3 cm³/mol. The topological polar surface area (TPSA) is 97.5 Å². The molecular formula is C6H6NNaO5S2. The summed E-state index contributed by atoms with van der Waals surface area (Å²) in [6.45, 7) is 0. The van der Waals surface area contributed by atoms with Crippen LogP contribution in [0, 0.1) is 10.1 Å². The van der Waals surface area contributed by atoms with Gasteiger partial charge in [-0.05, 0) is 12.1 Å². The summed E-state index contributed by atoms with van der Waals surface area (Å²) in [5.41, 5.74) is -0.469. The van der Waals surface area contributed by atoms with E-state index < -0.39 is 25.6 Å². The molecule has 0 aliphatic carbocycles. The summed E-state index contributed by atoms with van der Waals surface area (Å²) in [5.74, 6) is 0. The second-order valence-electron chi connectivity index (χ2n) is 2.38. The first-order valence-corrected chi connectivity index (χ1v) is 5.16. The van der Waals surface area contributed by atoms with Crippen molar-refractivity contribution >= 4 is 28.4 Å². The number of nitro benzene ring substituents is 1. The fourth-order valence-electron chi connectivity index (χ4n) is 0.810. The van der Waals surface area contributed by atoms with Gasteiger partial charge in [0.25, 0.3) is 15.8 Å². The number of nitro groups is 1. The van der Waals surface area contributed by atoms with Crippen LogP contribution in [0.25, 0.3) is 0 Å². The molecule has 6 nitrogen and oxygen atoms in total. The van der Waals surface area contributed by atoms with E-state index in [2.05, 4.69) is 12.6 Å². The third kappa shape index (κ3) is 3.74. The zero-order chi connectivity index (χ0) is 10.9. The van der Waals surface area contributed by atoms with Gasteiger partial charge < -0.3 is 1.43 Å². The molecule has 1 aromatic carbocycles. The second-order valence-corrected chi connectivity index (χ2v) is 4.29. The average molecular weight is 259 g/mol. The molecule has 0 radical (unpaired) electrons. The van der Waals surface area contributed by atoms with E-state index in [9.17, 15) is 18.5 Å². The summed E-state index contributed by atoms with van der Waals surface area (Å²) in [4.78, 5) is 9.10. The molecular weight excluding hydrogens is 253 g/mol. The normalized spacial score (nSPS) is 10.5. The van der Waals surface area contributed by atoms with Crippen molar-refractivity contribution in [3.63, 3.8) is 0 Å². The Labute approximate surface area is 115 Å². The molecule has 0 aromatic heterocycles. The smallest absolute Gasteiger partial charge is 1.00 e. The van der Waals surface area contributed by atoms with Crippen molar-refractivity contribution in [1.29, 1.82) is 0 Å². The molecule has 1 N–H and O–H groups in total. The first kappa shape index (κ1) is 14.9. The number of thiol groups is 1. The Balaban J connectivity index is 0. The van der Waals surface area contributed by atoms with E-state index in [4.69, 9.17) is 4.55 Å². The predicted octanol–water partition coefficient (Wildman–Crippen LogP) is -1.75. The van der Waals surface area contributed by atoms with Gasteiger partial charge in [0.2, 0.25) is 0 Å². The Kier molecular flexibility index (Phi) is 5.24. The van der Waals surface area contributed by atoms with Crippen molar-refractivity contribution in [2.75, 3.05) is 0 Å².